The zero-order valence-electron chi connectivity index (χ0n) is 9.11. The predicted octanol–water partition coefficient (Wildman–Crippen LogP) is 1.46. The van der Waals surface area contributed by atoms with Crippen LogP contribution in [-0.4, -0.2) is 37.2 Å². The molecule has 92 valence electrons. The first-order valence-corrected chi connectivity index (χ1v) is 5.86. The molecule has 1 fully saturated rings. The third kappa shape index (κ3) is 2.72. The van der Waals surface area contributed by atoms with Gasteiger partial charge in [0, 0.05) is 4.83 Å². The molecule has 6 heteroatoms. The number of alkyl halides is 2. The molecule has 0 aliphatic heterocycles. The Morgan fingerprint density at radius 1 is 1.12 bits per heavy atom. The number of carbonyl (C=O) groups is 2. The van der Waals surface area contributed by atoms with E-state index in [-0.39, 0.29) is 12.8 Å². The Kier molecular flexibility index (Phi) is 4.70. The molecular weight excluding hydrogens is 283 g/mol. The van der Waals surface area contributed by atoms with E-state index in [0.29, 0.717) is 0 Å². The molecule has 0 N–H and O–H groups in total. The first-order valence-electron chi connectivity index (χ1n) is 4.95. The molecule has 1 rings (SSSR count). The fraction of sp³-hybridized carbons (Fsp3) is 0.800. The van der Waals surface area contributed by atoms with E-state index in [2.05, 4.69) is 25.4 Å². The van der Waals surface area contributed by atoms with Crippen LogP contribution < -0.4 is 0 Å². The van der Waals surface area contributed by atoms with Gasteiger partial charge in [0.15, 0.2) is 0 Å². The van der Waals surface area contributed by atoms with E-state index in [1.54, 1.807) is 0 Å². The average molecular weight is 297 g/mol. The molecule has 0 radical (unpaired) electrons. The summed E-state index contributed by atoms with van der Waals surface area (Å²) in [6.07, 6.45) is -0.916. The summed E-state index contributed by atoms with van der Waals surface area (Å²) in [5.41, 5.74) is 0. The topological polar surface area (TPSA) is 52.6 Å². The molecule has 0 aromatic carbocycles. The molecule has 4 nitrogen and oxygen atoms in total. The molecule has 0 unspecified atom stereocenters. The van der Waals surface area contributed by atoms with E-state index in [9.17, 15) is 14.0 Å². The maximum atomic E-state index is 13.5. The Bertz CT molecular complexity index is 256. The van der Waals surface area contributed by atoms with Crippen molar-refractivity contribution in [3.8, 4) is 0 Å². The van der Waals surface area contributed by atoms with Crippen LogP contribution >= 0.6 is 15.9 Å². The van der Waals surface area contributed by atoms with Gasteiger partial charge in [0.1, 0.15) is 6.17 Å². The van der Waals surface area contributed by atoms with Crippen LogP contribution in [0, 0.1) is 11.8 Å². The summed E-state index contributed by atoms with van der Waals surface area (Å²) in [4.78, 5) is 22.5. The summed E-state index contributed by atoms with van der Waals surface area (Å²) in [7, 11) is 2.48. The van der Waals surface area contributed by atoms with Gasteiger partial charge in [0.25, 0.3) is 0 Å². The highest BCUT2D eigenvalue weighted by Crippen LogP contribution is 2.37. The molecule has 16 heavy (non-hydrogen) atoms. The third-order valence-electron chi connectivity index (χ3n) is 2.84. The normalized spacial score (nSPS) is 34.2. The zero-order valence-corrected chi connectivity index (χ0v) is 10.7. The minimum absolute atomic E-state index is 0.0116. The summed E-state index contributed by atoms with van der Waals surface area (Å²) in [6, 6.07) is 0. The van der Waals surface area contributed by atoms with E-state index < -0.39 is 34.8 Å². The molecule has 0 bridgehead atoms. The van der Waals surface area contributed by atoms with Gasteiger partial charge in [-0.05, 0) is 12.8 Å². The molecule has 1 aliphatic rings. The van der Waals surface area contributed by atoms with Crippen LogP contribution in [0.5, 0.6) is 0 Å². The highest BCUT2D eigenvalue weighted by Gasteiger charge is 2.44. The van der Waals surface area contributed by atoms with Gasteiger partial charge < -0.3 is 9.47 Å². The maximum Gasteiger partial charge on any atom is 0.309 e. The van der Waals surface area contributed by atoms with Crippen molar-refractivity contribution in [2.24, 2.45) is 11.8 Å². The van der Waals surface area contributed by atoms with Crippen LogP contribution in [0.4, 0.5) is 4.39 Å². The Morgan fingerprint density at radius 2 is 1.56 bits per heavy atom. The van der Waals surface area contributed by atoms with Gasteiger partial charge in [-0.3, -0.25) is 9.59 Å². The largest absolute Gasteiger partial charge is 0.469 e. The minimum Gasteiger partial charge on any atom is -0.469 e. The smallest absolute Gasteiger partial charge is 0.309 e. The molecule has 0 spiro atoms. The lowest BCUT2D eigenvalue weighted by molar-refractivity contribution is -0.160. The van der Waals surface area contributed by atoms with Gasteiger partial charge in [-0.15, -0.1) is 0 Å². The van der Waals surface area contributed by atoms with Crippen molar-refractivity contribution in [3.05, 3.63) is 0 Å². The number of carbonyl (C=O) groups excluding carboxylic acids is 2. The molecule has 0 heterocycles. The fourth-order valence-corrected chi connectivity index (χ4v) is 2.55. The average Bonchev–Trinajstić information content (AvgIpc) is 2.30. The standard InChI is InChI=1S/C10H14BrFO4/c1-15-9(13)5-3-7(11)8(12)4-6(5)10(14)16-2/h5-8H,3-4H2,1-2H3/t5-,6-,7-,8-/m0/s1. The maximum absolute atomic E-state index is 13.5. The number of halogens is 2. The molecule has 0 aromatic heterocycles. The second-order valence-corrected chi connectivity index (χ2v) is 4.94. The van der Waals surface area contributed by atoms with Crippen molar-refractivity contribution in [3.63, 3.8) is 0 Å². The monoisotopic (exact) mass is 296 g/mol. The number of ether oxygens (including phenoxy) is 2. The van der Waals surface area contributed by atoms with Crippen LogP contribution in [0.1, 0.15) is 12.8 Å². The summed E-state index contributed by atoms with van der Waals surface area (Å²) in [6.45, 7) is 0. The van der Waals surface area contributed by atoms with Crippen molar-refractivity contribution in [2.45, 2.75) is 23.8 Å². The van der Waals surface area contributed by atoms with Crippen molar-refractivity contribution < 1.29 is 23.5 Å². The van der Waals surface area contributed by atoms with Gasteiger partial charge in [-0.1, -0.05) is 15.9 Å². The fourth-order valence-electron chi connectivity index (χ4n) is 1.93. The van der Waals surface area contributed by atoms with Crippen molar-refractivity contribution >= 4 is 27.9 Å². The summed E-state index contributed by atoms with van der Waals surface area (Å²) < 4.78 is 22.6. The van der Waals surface area contributed by atoms with Crippen molar-refractivity contribution in [1.82, 2.24) is 0 Å². The minimum atomic E-state index is -1.15. The quantitative estimate of drug-likeness (QED) is 0.572. The van der Waals surface area contributed by atoms with Crippen LogP contribution in [0.2, 0.25) is 0 Å². The molecule has 0 aromatic rings. The van der Waals surface area contributed by atoms with Crippen LogP contribution in [0.25, 0.3) is 0 Å². The molecule has 1 aliphatic carbocycles. The first kappa shape index (κ1) is 13.4. The van der Waals surface area contributed by atoms with E-state index in [1.807, 2.05) is 0 Å². The molecule has 0 amide bonds. The molecule has 1 saturated carbocycles. The van der Waals surface area contributed by atoms with Gasteiger partial charge in [-0.2, -0.15) is 0 Å². The third-order valence-corrected chi connectivity index (χ3v) is 3.79. The number of hydrogen-bond acceptors (Lipinski definition) is 4. The second-order valence-electron chi connectivity index (χ2n) is 3.76. The Morgan fingerprint density at radius 3 is 2.00 bits per heavy atom. The van der Waals surface area contributed by atoms with Gasteiger partial charge in [0.2, 0.25) is 0 Å². The molecular formula is C10H14BrFO4. The number of methoxy groups -OCH3 is 2. The van der Waals surface area contributed by atoms with Crippen LogP contribution in [0.3, 0.4) is 0 Å². The number of esters is 2. The van der Waals surface area contributed by atoms with Gasteiger partial charge >= 0.3 is 11.9 Å². The lowest BCUT2D eigenvalue weighted by Crippen LogP contribution is -2.42. The summed E-state index contributed by atoms with van der Waals surface area (Å²) >= 11 is 3.16. The van der Waals surface area contributed by atoms with E-state index in [4.69, 9.17) is 0 Å². The predicted molar refractivity (Wildman–Crippen MR) is 57.9 cm³/mol. The SMILES string of the molecule is COC(=O)[C@H]1C[C@H](F)[C@@H](Br)C[C@@H]1C(=O)OC. The lowest BCUT2D eigenvalue weighted by Gasteiger charge is -2.32. The summed E-state index contributed by atoms with van der Waals surface area (Å²) in [5.74, 6) is -2.43. The Labute approximate surface area is 102 Å². The van der Waals surface area contributed by atoms with E-state index in [1.165, 1.54) is 14.2 Å². The van der Waals surface area contributed by atoms with Crippen LogP contribution in [0.15, 0.2) is 0 Å². The number of rotatable bonds is 2. The molecule has 4 atom stereocenters. The highest BCUT2D eigenvalue weighted by molar-refractivity contribution is 9.09. The van der Waals surface area contributed by atoms with Gasteiger partial charge in [0.05, 0.1) is 26.1 Å². The Balaban J connectivity index is 2.83. The highest BCUT2D eigenvalue weighted by atomic mass is 79.9. The first-order chi connectivity index (χ1) is 7.51. The zero-order chi connectivity index (χ0) is 12.3. The van der Waals surface area contributed by atoms with E-state index in [0.717, 1.165) is 0 Å². The Hall–Kier alpha value is -0.650. The van der Waals surface area contributed by atoms with Crippen LogP contribution in [-0.2, 0) is 19.1 Å². The van der Waals surface area contributed by atoms with Crippen molar-refractivity contribution in [2.75, 3.05) is 14.2 Å². The number of hydrogen-bond donors (Lipinski definition) is 0. The second kappa shape index (κ2) is 5.61. The molecule has 0 saturated heterocycles. The lowest BCUT2D eigenvalue weighted by atomic mass is 9.78. The van der Waals surface area contributed by atoms with E-state index >= 15 is 0 Å². The summed E-state index contributed by atoms with van der Waals surface area (Å²) in [5, 5.41) is 0. The van der Waals surface area contributed by atoms with Gasteiger partial charge in [-0.25, -0.2) is 4.39 Å². The van der Waals surface area contributed by atoms with Crippen molar-refractivity contribution in [1.29, 1.82) is 0 Å².